The number of carbonyl (C=O) groups excluding carboxylic acids is 1. The van der Waals surface area contributed by atoms with Crippen molar-refractivity contribution in [2.45, 2.75) is 39.0 Å². The third kappa shape index (κ3) is 5.19. The summed E-state index contributed by atoms with van der Waals surface area (Å²) < 4.78 is 31.7. The predicted molar refractivity (Wildman–Crippen MR) is 121 cm³/mol. The largest absolute Gasteiger partial charge is 0.476 e. The Morgan fingerprint density at radius 3 is 2.61 bits per heavy atom. The summed E-state index contributed by atoms with van der Waals surface area (Å²) in [6.07, 6.45) is 2.74. The van der Waals surface area contributed by atoms with E-state index >= 15 is 0 Å². The number of rotatable bonds is 6. The third-order valence-corrected chi connectivity index (χ3v) is 6.89. The summed E-state index contributed by atoms with van der Waals surface area (Å²) in [7, 11) is -3.53. The Balaban J connectivity index is 1.43. The monoisotopic (exact) mass is 443 g/mol. The Kier molecular flexibility index (Phi) is 6.20. The maximum atomic E-state index is 12.8. The molecule has 2 aromatic carbocycles. The molecule has 1 atom stereocenters. The summed E-state index contributed by atoms with van der Waals surface area (Å²) in [5.74, 6) is 0.0789. The van der Waals surface area contributed by atoms with E-state index in [0.717, 1.165) is 37.0 Å². The molecule has 1 amide bonds. The van der Waals surface area contributed by atoms with Crippen LogP contribution in [0, 0.1) is 6.92 Å². The van der Waals surface area contributed by atoms with E-state index in [4.69, 9.17) is 4.74 Å². The number of ether oxygens (including phenoxy) is 1. The normalized spacial score (nSPS) is 19.0. The summed E-state index contributed by atoms with van der Waals surface area (Å²) >= 11 is 0. The molecule has 166 valence electrons. The van der Waals surface area contributed by atoms with Gasteiger partial charge in [-0.3, -0.25) is 14.0 Å². The molecule has 0 unspecified atom stereocenters. The zero-order valence-electron chi connectivity index (χ0n) is 18.0. The molecular formula is C23H29N3O4S. The number of aryl methyl sites for hydroxylation is 1. The van der Waals surface area contributed by atoms with Crippen LogP contribution in [0.3, 0.4) is 0 Å². The molecule has 2 aromatic rings. The summed E-state index contributed by atoms with van der Waals surface area (Å²) in [4.78, 5) is 15.3. The molecule has 1 fully saturated rings. The molecule has 2 aliphatic heterocycles. The molecule has 0 radical (unpaired) electrons. The smallest absolute Gasteiger partial charge is 0.263 e. The minimum atomic E-state index is -3.53. The van der Waals surface area contributed by atoms with E-state index < -0.39 is 16.1 Å². The molecule has 7 nitrogen and oxygen atoms in total. The highest BCUT2D eigenvalue weighted by Crippen LogP contribution is 2.35. The van der Waals surface area contributed by atoms with Crippen LogP contribution < -0.4 is 14.4 Å². The van der Waals surface area contributed by atoms with Crippen LogP contribution in [0.2, 0.25) is 0 Å². The van der Waals surface area contributed by atoms with Gasteiger partial charge in [0.1, 0.15) is 5.75 Å². The number of fused-ring (bicyclic) bond motifs is 1. The van der Waals surface area contributed by atoms with E-state index in [1.165, 1.54) is 22.7 Å². The van der Waals surface area contributed by atoms with E-state index in [1.54, 1.807) is 12.1 Å². The van der Waals surface area contributed by atoms with Crippen LogP contribution >= 0.6 is 0 Å². The number of likely N-dealkylation sites (tertiary alicyclic amines) is 1. The number of sulfonamides is 1. The Labute approximate surface area is 184 Å². The molecule has 8 heteroatoms. The van der Waals surface area contributed by atoms with Gasteiger partial charge in [0.25, 0.3) is 5.91 Å². The highest BCUT2D eigenvalue weighted by Gasteiger charge is 2.35. The highest BCUT2D eigenvalue weighted by atomic mass is 32.2. The molecule has 1 saturated heterocycles. The van der Waals surface area contributed by atoms with E-state index in [1.807, 2.05) is 25.1 Å². The maximum absolute atomic E-state index is 12.8. The van der Waals surface area contributed by atoms with Crippen LogP contribution in [0.4, 0.5) is 5.69 Å². The van der Waals surface area contributed by atoms with Gasteiger partial charge in [-0.1, -0.05) is 30.3 Å². The summed E-state index contributed by atoms with van der Waals surface area (Å²) in [5, 5.41) is 2.91. The van der Waals surface area contributed by atoms with Crippen molar-refractivity contribution in [3.8, 4) is 5.75 Å². The number of carbonyl (C=O) groups is 1. The number of hydrogen-bond acceptors (Lipinski definition) is 5. The first-order valence-electron chi connectivity index (χ1n) is 10.6. The van der Waals surface area contributed by atoms with Crippen LogP contribution in [0.5, 0.6) is 5.75 Å². The van der Waals surface area contributed by atoms with Crippen molar-refractivity contribution in [3.63, 3.8) is 0 Å². The molecule has 0 spiro atoms. The van der Waals surface area contributed by atoms with Gasteiger partial charge in [-0.25, -0.2) is 8.42 Å². The van der Waals surface area contributed by atoms with Gasteiger partial charge >= 0.3 is 0 Å². The fourth-order valence-electron chi connectivity index (χ4n) is 4.15. The fourth-order valence-corrected chi connectivity index (χ4v) is 5.07. The average Bonchev–Trinajstić information content (AvgIpc) is 3.23. The van der Waals surface area contributed by atoms with Crippen LogP contribution in [0.1, 0.15) is 29.5 Å². The van der Waals surface area contributed by atoms with Crippen LogP contribution in [-0.2, 0) is 27.9 Å². The number of anilines is 1. The molecule has 2 heterocycles. The first-order valence-corrected chi connectivity index (χ1v) is 12.5. The minimum Gasteiger partial charge on any atom is -0.476 e. The van der Waals surface area contributed by atoms with Gasteiger partial charge in [0.15, 0.2) is 6.10 Å². The molecular weight excluding hydrogens is 414 g/mol. The topological polar surface area (TPSA) is 79.0 Å². The Morgan fingerprint density at radius 2 is 1.87 bits per heavy atom. The SMILES string of the molecule is Cc1ccc2c(c1)O[C@@H](C(=O)NCc1cccc(CN3CCCC3)c1)CN2S(C)(=O)=O. The van der Waals surface area contributed by atoms with Crippen molar-refractivity contribution in [1.82, 2.24) is 10.2 Å². The van der Waals surface area contributed by atoms with Gasteiger partial charge in [0.05, 0.1) is 18.5 Å². The van der Waals surface area contributed by atoms with Crippen molar-refractivity contribution in [1.29, 1.82) is 0 Å². The fraction of sp³-hybridized carbons (Fsp3) is 0.435. The molecule has 31 heavy (non-hydrogen) atoms. The summed E-state index contributed by atoms with van der Waals surface area (Å²) in [6.45, 7) is 5.41. The number of hydrogen-bond donors (Lipinski definition) is 1. The zero-order chi connectivity index (χ0) is 22.0. The Morgan fingerprint density at radius 1 is 1.13 bits per heavy atom. The number of amides is 1. The number of nitrogens with one attached hydrogen (secondary N) is 1. The van der Waals surface area contributed by atoms with Crippen LogP contribution in [-0.4, -0.2) is 51.2 Å². The van der Waals surface area contributed by atoms with Gasteiger partial charge in [-0.15, -0.1) is 0 Å². The van der Waals surface area contributed by atoms with Crippen molar-refractivity contribution in [2.24, 2.45) is 0 Å². The van der Waals surface area contributed by atoms with Gasteiger partial charge < -0.3 is 10.1 Å². The minimum absolute atomic E-state index is 0.0459. The van der Waals surface area contributed by atoms with Crippen LogP contribution in [0.15, 0.2) is 42.5 Å². The molecule has 0 aliphatic carbocycles. The van der Waals surface area contributed by atoms with Crippen molar-refractivity contribution in [3.05, 3.63) is 59.2 Å². The summed E-state index contributed by atoms with van der Waals surface area (Å²) in [6, 6.07) is 13.5. The van der Waals surface area contributed by atoms with Crippen molar-refractivity contribution < 1.29 is 17.9 Å². The molecule has 0 saturated carbocycles. The maximum Gasteiger partial charge on any atom is 0.263 e. The first-order chi connectivity index (χ1) is 14.8. The molecule has 1 N–H and O–H groups in total. The molecule has 0 aromatic heterocycles. The van der Waals surface area contributed by atoms with Crippen LogP contribution in [0.25, 0.3) is 0 Å². The lowest BCUT2D eigenvalue weighted by atomic mass is 10.1. The average molecular weight is 444 g/mol. The zero-order valence-corrected chi connectivity index (χ0v) is 18.8. The van der Waals surface area contributed by atoms with Gasteiger partial charge in [-0.2, -0.15) is 0 Å². The lowest BCUT2D eigenvalue weighted by molar-refractivity contribution is -0.127. The standard InChI is InChI=1S/C23H29N3O4S/c1-17-8-9-20-21(12-17)30-22(16-26(20)31(2,28)29)23(27)24-14-18-6-5-7-19(13-18)15-25-10-3-4-11-25/h5-9,12-13,22H,3-4,10-11,14-16H2,1-2H3,(H,24,27)/t22-/m1/s1. The Bertz CT molecular complexity index is 1060. The first kappa shape index (κ1) is 21.6. The van der Waals surface area contributed by atoms with Gasteiger partial charge in [0, 0.05) is 13.1 Å². The van der Waals surface area contributed by atoms with E-state index in [9.17, 15) is 13.2 Å². The van der Waals surface area contributed by atoms with Gasteiger partial charge in [-0.05, 0) is 61.7 Å². The molecule has 0 bridgehead atoms. The Hall–Kier alpha value is -2.58. The lowest BCUT2D eigenvalue weighted by Gasteiger charge is -2.34. The highest BCUT2D eigenvalue weighted by molar-refractivity contribution is 7.92. The van der Waals surface area contributed by atoms with Gasteiger partial charge in [0.2, 0.25) is 10.0 Å². The second kappa shape index (κ2) is 8.88. The van der Waals surface area contributed by atoms with E-state index in [2.05, 4.69) is 22.3 Å². The number of nitrogens with zero attached hydrogens (tertiary/aromatic N) is 2. The van der Waals surface area contributed by atoms with Crippen molar-refractivity contribution >= 4 is 21.6 Å². The van der Waals surface area contributed by atoms with E-state index in [0.29, 0.717) is 18.0 Å². The molecule has 2 aliphatic rings. The predicted octanol–water partition coefficient (Wildman–Crippen LogP) is 2.43. The number of benzene rings is 2. The third-order valence-electron chi connectivity index (χ3n) is 5.74. The van der Waals surface area contributed by atoms with E-state index in [-0.39, 0.29) is 12.5 Å². The second-order valence-corrected chi connectivity index (χ2v) is 10.3. The lowest BCUT2D eigenvalue weighted by Crippen LogP contribution is -2.50. The summed E-state index contributed by atoms with van der Waals surface area (Å²) in [5.41, 5.74) is 3.64. The second-order valence-electron chi connectivity index (χ2n) is 8.39. The molecule has 4 rings (SSSR count). The quantitative estimate of drug-likeness (QED) is 0.742. The van der Waals surface area contributed by atoms with Crippen molar-refractivity contribution in [2.75, 3.05) is 30.2 Å².